The van der Waals surface area contributed by atoms with Gasteiger partial charge in [-0.3, -0.25) is 4.79 Å². The maximum atomic E-state index is 12.1. The van der Waals surface area contributed by atoms with E-state index in [4.69, 9.17) is 0 Å². The molecule has 3 rings (SSSR count). The molecule has 1 aliphatic carbocycles. The lowest BCUT2D eigenvalue weighted by Gasteiger charge is -2.30. The minimum atomic E-state index is 0.0542. The van der Waals surface area contributed by atoms with Crippen LogP contribution in [0.2, 0.25) is 0 Å². The summed E-state index contributed by atoms with van der Waals surface area (Å²) < 4.78 is 0. The summed E-state index contributed by atoms with van der Waals surface area (Å²) in [4.78, 5) is 14.4. The molecule has 2 fully saturated rings. The lowest BCUT2D eigenvalue weighted by molar-refractivity contribution is 0.0951. The minimum absolute atomic E-state index is 0.0542. The van der Waals surface area contributed by atoms with Crippen LogP contribution >= 0.6 is 0 Å². The SMILES string of the molecule is CN1CCCC(CNc2cccc(C(=O)NC3CC3)c2)C1. The van der Waals surface area contributed by atoms with E-state index in [1.165, 1.54) is 19.4 Å². The largest absolute Gasteiger partial charge is 0.385 e. The van der Waals surface area contributed by atoms with E-state index in [1.54, 1.807) is 0 Å². The van der Waals surface area contributed by atoms with Crippen molar-refractivity contribution in [1.82, 2.24) is 10.2 Å². The van der Waals surface area contributed by atoms with Gasteiger partial charge in [0.2, 0.25) is 0 Å². The van der Waals surface area contributed by atoms with Crippen LogP contribution in [0.15, 0.2) is 24.3 Å². The van der Waals surface area contributed by atoms with Crippen LogP contribution in [0.4, 0.5) is 5.69 Å². The lowest BCUT2D eigenvalue weighted by atomic mass is 9.98. The molecular formula is C17H25N3O. The first-order chi connectivity index (χ1) is 10.2. The van der Waals surface area contributed by atoms with E-state index < -0.39 is 0 Å². The Balaban J connectivity index is 1.54. The van der Waals surface area contributed by atoms with Crippen LogP contribution < -0.4 is 10.6 Å². The van der Waals surface area contributed by atoms with Crippen molar-refractivity contribution in [3.8, 4) is 0 Å². The molecule has 0 aromatic heterocycles. The van der Waals surface area contributed by atoms with Gasteiger partial charge in [-0.1, -0.05) is 6.07 Å². The van der Waals surface area contributed by atoms with Crippen molar-refractivity contribution in [2.75, 3.05) is 32.0 Å². The smallest absolute Gasteiger partial charge is 0.251 e. The molecule has 1 aromatic carbocycles. The molecule has 4 nitrogen and oxygen atoms in total. The fourth-order valence-electron chi connectivity index (χ4n) is 2.97. The number of amides is 1. The maximum absolute atomic E-state index is 12.1. The van der Waals surface area contributed by atoms with E-state index in [0.717, 1.165) is 37.2 Å². The first kappa shape index (κ1) is 14.4. The van der Waals surface area contributed by atoms with E-state index in [1.807, 2.05) is 24.3 Å². The molecule has 2 aliphatic rings. The molecule has 114 valence electrons. The van der Waals surface area contributed by atoms with E-state index in [-0.39, 0.29) is 5.91 Å². The molecule has 0 bridgehead atoms. The van der Waals surface area contributed by atoms with Crippen molar-refractivity contribution in [3.05, 3.63) is 29.8 Å². The Morgan fingerprint density at radius 1 is 1.33 bits per heavy atom. The lowest BCUT2D eigenvalue weighted by Crippen LogP contribution is -2.35. The first-order valence-corrected chi connectivity index (χ1v) is 8.04. The molecule has 0 radical (unpaired) electrons. The van der Waals surface area contributed by atoms with E-state index >= 15 is 0 Å². The number of nitrogens with one attached hydrogen (secondary N) is 2. The van der Waals surface area contributed by atoms with Gasteiger partial charge in [-0.05, 0) is 63.4 Å². The third-order valence-corrected chi connectivity index (χ3v) is 4.35. The van der Waals surface area contributed by atoms with Gasteiger partial charge in [0.05, 0.1) is 0 Å². The fraction of sp³-hybridized carbons (Fsp3) is 0.588. The maximum Gasteiger partial charge on any atom is 0.251 e. The van der Waals surface area contributed by atoms with Gasteiger partial charge in [0.1, 0.15) is 0 Å². The quantitative estimate of drug-likeness (QED) is 0.873. The van der Waals surface area contributed by atoms with Crippen LogP contribution in [-0.2, 0) is 0 Å². The van der Waals surface area contributed by atoms with E-state index in [0.29, 0.717) is 12.0 Å². The second kappa shape index (κ2) is 6.48. The first-order valence-electron chi connectivity index (χ1n) is 8.04. The highest BCUT2D eigenvalue weighted by Gasteiger charge is 2.23. The predicted octanol–water partition coefficient (Wildman–Crippen LogP) is 2.33. The molecule has 2 N–H and O–H groups in total. The zero-order valence-electron chi connectivity index (χ0n) is 12.8. The average molecular weight is 287 g/mol. The monoisotopic (exact) mass is 287 g/mol. The summed E-state index contributed by atoms with van der Waals surface area (Å²) in [5, 5.41) is 6.53. The molecule has 1 amide bonds. The normalized spacial score (nSPS) is 22.8. The highest BCUT2D eigenvalue weighted by molar-refractivity contribution is 5.95. The van der Waals surface area contributed by atoms with Gasteiger partial charge in [-0.25, -0.2) is 0 Å². The van der Waals surface area contributed by atoms with Crippen molar-refractivity contribution in [3.63, 3.8) is 0 Å². The zero-order chi connectivity index (χ0) is 14.7. The van der Waals surface area contributed by atoms with Crippen LogP contribution in [0.5, 0.6) is 0 Å². The topological polar surface area (TPSA) is 44.4 Å². The van der Waals surface area contributed by atoms with Crippen LogP contribution in [0.1, 0.15) is 36.0 Å². The van der Waals surface area contributed by atoms with Gasteiger partial charge < -0.3 is 15.5 Å². The van der Waals surface area contributed by atoms with Crippen molar-refractivity contribution in [1.29, 1.82) is 0 Å². The average Bonchev–Trinajstić information content (AvgIpc) is 3.29. The number of hydrogen-bond acceptors (Lipinski definition) is 3. The second-order valence-corrected chi connectivity index (χ2v) is 6.48. The summed E-state index contributed by atoms with van der Waals surface area (Å²) in [6.07, 6.45) is 4.82. The van der Waals surface area contributed by atoms with Gasteiger partial charge in [0, 0.05) is 30.4 Å². The molecule has 1 heterocycles. The molecule has 1 aliphatic heterocycles. The number of rotatable bonds is 5. The zero-order valence-corrected chi connectivity index (χ0v) is 12.8. The van der Waals surface area contributed by atoms with Crippen LogP contribution in [0, 0.1) is 5.92 Å². The fourth-order valence-corrected chi connectivity index (χ4v) is 2.97. The number of anilines is 1. The Morgan fingerprint density at radius 2 is 2.19 bits per heavy atom. The Hall–Kier alpha value is -1.55. The van der Waals surface area contributed by atoms with Crippen LogP contribution in [0.3, 0.4) is 0 Å². The molecule has 1 saturated carbocycles. The number of carbonyl (C=O) groups is 1. The molecule has 0 spiro atoms. The summed E-state index contributed by atoms with van der Waals surface area (Å²) >= 11 is 0. The van der Waals surface area contributed by atoms with Crippen LogP contribution in [0.25, 0.3) is 0 Å². The minimum Gasteiger partial charge on any atom is -0.385 e. The second-order valence-electron chi connectivity index (χ2n) is 6.48. The molecule has 1 aromatic rings. The number of piperidine rings is 1. The number of hydrogen-bond donors (Lipinski definition) is 2. The molecule has 21 heavy (non-hydrogen) atoms. The standard InChI is InChI=1S/C17H25N3O/c1-20-9-3-4-13(12-20)11-18-16-6-2-5-14(10-16)17(21)19-15-7-8-15/h2,5-6,10,13,15,18H,3-4,7-9,11-12H2,1H3,(H,19,21). The van der Waals surface area contributed by atoms with Gasteiger partial charge >= 0.3 is 0 Å². The van der Waals surface area contributed by atoms with Crippen LogP contribution in [-0.4, -0.2) is 43.5 Å². The molecular weight excluding hydrogens is 262 g/mol. The molecule has 1 unspecified atom stereocenters. The number of benzene rings is 1. The third-order valence-electron chi connectivity index (χ3n) is 4.35. The third kappa shape index (κ3) is 4.21. The Bertz CT molecular complexity index is 499. The number of carbonyl (C=O) groups excluding carboxylic acids is 1. The Morgan fingerprint density at radius 3 is 2.95 bits per heavy atom. The molecule has 1 atom stereocenters. The summed E-state index contributed by atoms with van der Waals surface area (Å²) in [7, 11) is 2.19. The number of likely N-dealkylation sites (tertiary alicyclic amines) is 1. The summed E-state index contributed by atoms with van der Waals surface area (Å²) in [5.41, 5.74) is 1.80. The molecule has 1 saturated heterocycles. The van der Waals surface area contributed by atoms with Crippen molar-refractivity contribution in [2.45, 2.75) is 31.7 Å². The van der Waals surface area contributed by atoms with E-state index in [9.17, 15) is 4.79 Å². The van der Waals surface area contributed by atoms with E-state index in [2.05, 4.69) is 22.6 Å². The van der Waals surface area contributed by atoms with Crippen molar-refractivity contribution in [2.24, 2.45) is 5.92 Å². The highest BCUT2D eigenvalue weighted by atomic mass is 16.1. The highest BCUT2D eigenvalue weighted by Crippen LogP contribution is 2.20. The molecule has 4 heteroatoms. The summed E-state index contributed by atoms with van der Waals surface area (Å²) in [6.45, 7) is 3.36. The Labute approximate surface area is 126 Å². The van der Waals surface area contributed by atoms with Crippen molar-refractivity contribution < 1.29 is 4.79 Å². The van der Waals surface area contributed by atoms with Gasteiger partial charge in [-0.15, -0.1) is 0 Å². The van der Waals surface area contributed by atoms with Gasteiger partial charge in [0.25, 0.3) is 5.91 Å². The van der Waals surface area contributed by atoms with Gasteiger partial charge in [-0.2, -0.15) is 0 Å². The predicted molar refractivity (Wildman–Crippen MR) is 85.6 cm³/mol. The summed E-state index contributed by atoms with van der Waals surface area (Å²) in [5.74, 6) is 0.756. The number of nitrogens with zero attached hydrogens (tertiary/aromatic N) is 1. The Kier molecular flexibility index (Phi) is 4.44. The summed E-state index contributed by atoms with van der Waals surface area (Å²) in [6, 6.07) is 8.26. The van der Waals surface area contributed by atoms with Gasteiger partial charge in [0.15, 0.2) is 0 Å². The van der Waals surface area contributed by atoms with Crippen molar-refractivity contribution >= 4 is 11.6 Å².